The zero-order valence-corrected chi connectivity index (χ0v) is 10.3. The molecule has 16 heavy (non-hydrogen) atoms. The van der Waals surface area contributed by atoms with Crippen molar-refractivity contribution >= 4 is 23.5 Å². The molecule has 1 aromatic rings. The topological polar surface area (TPSA) is 63.8 Å². The lowest BCUT2D eigenvalue weighted by atomic mass is 9.95. The Morgan fingerprint density at radius 3 is 3.00 bits per heavy atom. The molecule has 1 aliphatic rings. The second kappa shape index (κ2) is 5.39. The van der Waals surface area contributed by atoms with Crippen LogP contribution in [0.1, 0.15) is 25.7 Å². The zero-order chi connectivity index (χ0) is 11.4. The predicted octanol–water partition coefficient (Wildman–Crippen LogP) is 2.14. The van der Waals surface area contributed by atoms with E-state index < -0.39 is 0 Å². The molecule has 1 saturated carbocycles. The third kappa shape index (κ3) is 2.78. The molecule has 2 rings (SSSR count). The SMILES string of the molecule is CSC1CCCCC1Nc1ccnc(N)n1. The van der Waals surface area contributed by atoms with E-state index >= 15 is 0 Å². The first-order valence-electron chi connectivity index (χ1n) is 5.67. The van der Waals surface area contributed by atoms with Crippen LogP contribution in [-0.4, -0.2) is 27.5 Å². The minimum atomic E-state index is 0.335. The lowest BCUT2D eigenvalue weighted by Crippen LogP contribution is -2.34. The summed E-state index contributed by atoms with van der Waals surface area (Å²) in [5.74, 6) is 1.18. The summed E-state index contributed by atoms with van der Waals surface area (Å²) in [5.41, 5.74) is 5.56. The zero-order valence-electron chi connectivity index (χ0n) is 9.52. The van der Waals surface area contributed by atoms with Gasteiger partial charge >= 0.3 is 0 Å². The van der Waals surface area contributed by atoms with Gasteiger partial charge < -0.3 is 11.1 Å². The molecule has 88 valence electrons. The van der Waals surface area contributed by atoms with Gasteiger partial charge in [0.15, 0.2) is 0 Å². The molecule has 0 spiro atoms. The summed E-state index contributed by atoms with van der Waals surface area (Å²) in [6.07, 6.45) is 9.03. The third-order valence-electron chi connectivity index (χ3n) is 3.01. The summed E-state index contributed by atoms with van der Waals surface area (Å²) in [5, 5.41) is 4.16. The van der Waals surface area contributed by atoms with E-state index in [-0.39, 0.29) is 0 Å². The molecule has 1 aromatic heterocycles. The van der Waals surface area contributed by atoms with Gasteiger partial charge in [0.2, 0.25) is 5.95 Å². The molecular weight excluding hydrogens is 220 g/mol. The van der Waals surface area contributed by atoms with Crippen LogP contribution in [0, 0.1) is 0 Å². The fourth-order valence-corrected chi connectivity index (χ4v) is 3.12. The number of thioether (sulfide) groups is 1. The van der Waals surface area contributed by atoms with E-state index in [1.54, 1.807) is 6.20 Å². The molecule has 3 N–H and O–H groups in total. The number of rotatable bonds is 3. The maximum Gasteiger partial charge on any atom is 0.221 e. The van der Waals surface area contributed by atoms with Crippen LogP contribution in [0.25, 0.3) is 0 Å². The molecule has 1 heterocycles. The highest BCUT2D eigenvalue weighted by Crippen LogP contribution is 2.29. The van der Waals surface area contributed by atoms with Crippen molar-refractivity contribution in [3.05, 3.63) is 12.3 Å². The fraction of sp³-hybridized carbons (Fsp3) is 0.636. The molecule has 4 nitrogen and oxygen atoms in total. The lowest BCUT2D eigenvalue weighted by Gasteiger charge is -2.31. The largest absolute Gasteiger partial charge is 0.368 e. The van der Waals surface area contributed by atoms with Gasteiger partial charge in [-0.2, -0.15) is 16.7 Å². The van der Waals surface area contributed by atoms with E-state index in [2.05, 4.69) is 21.5 Å². The molecule has 2 atom stereocenters. The summed E-state index contributed by atoms with van der Waals surface area (Å²) in [4.78, 5) is 8.08. The number of nitrogens with zero attached hydrogens (tertiary/aromatic N) is 2. The normalized spacial score (nSPS) is 25.3. The first kappa shape index (κ1) is 11.5. The number of nitrogen functional groups attached to an aromatic ring is 1. The lowest BCUT2D eigenvalue weighted by molar-refractivity contribution is 0.474. The monoisotopic (exact) mass is 238 g/mol. The van der Waals surface area contributed by atoms with Crippen molar-refractivity contribution in [1.29, 1.82) is 0 Å². The Hall–Kier alpha value is -0.970. The Balaban J connectivity index is 2.02. The van der Waals surface area contributed by atoms with Crippen molar-refractivity contribution in [2.24, 2.45) is 0 Å². The van der Waals surface area contributed by atoms with Crippen molar-refractivity contribution in [3.63, 3.8) is 0 Å². The maximum atomic E-state index is 5.56. The predicted molar refractivity (Wildman–Crippen MR) is 69.6 cm³/mol. The van der Waals surface area contributed by atoms with E-state index in [4.69, 9.17) is 5.73 Å². The van der Waals surface area contributed by atoms with E-state index in [9.17, 15) is 0 Å². The second-order valence-electron chi connectivity index (χ2n) is 4.11. The van der Waals surface area contributed by atoms with Crippen molar-refractivity contribution in [3.8, 4) is 0 Å². The molecule has 2 unspecified atom stereocenters. The van der Waals surface area contributed by atoms with Crippen LogP contribution in [-0.2, 0) is 0 Å². The van der Waals surface area contributed by atoms with E-state index in [1.807, 2.05) is 17.8 Å². The van der Waals surface area contributed by atoms with Gasteiger partial charge in [0, 0.05) is 17.5 Å². The molecule has 1 aliphatic carbocycles. The van der Waals surface area contributed by atoms with Gasteiger partial charge in [-0.3, -0.25) is 0 Å². The average Bonchev–Trinajstić information content (AvgIpc) is 2.30. The summed E-state index contributed by atoms with van der Waals surface area (Å²) in [6.45, 7) is 0. The van der Waals surface area contributed by atoms with Crippen molar-refractivity contribution in [2.45, 2.75) is 37.0 Å². The molecule has 0 radical (unpaired) electrons. The van der Waals surface area contributed by atoms with Gasteiger partial charge in [-0.1, -0.05) is 12.8 Å². The summed E-state index contributed by atoms with van der Waals surface area (Å²) < 4.78 is 0. The Kier molecular flexibility index (Phi) is 3.88. The van der Waals surface area contributed by atoms with E-state index in [0.717, 1.165) is 5.82 Å². The van der Waals surface area contributed by atoms with Crippen molar-refractivity contribution in [1.82, 2.24) is 9.97 Å². The Bertz CT molecular complexity index is 345. The highest BCUT2D eigenvalue weighted by Gasteiger charge is 2.24. The highest BCUT2D eigenvalue weighted by atomic mass is 32.2. The molecule has 0 bridgehead atoms. The summed E-state index contributed by atoms with van der Waals surface area (Å²) in [7, 11) is 0. The molecule has 0 aliphatic heterocycles. The van der Waals surface area contributed by atoms with Crippen LogP contribution in [0.15, 0.2) is 12.3 Å². The Morgan fingerprint density at radius 1 is 1.44 bits per heavy atom. The molecule has 5 heteroatoms. The van der Waals surface area contributed by atoms with Gasteiger partial charge in [-0.05, 0) is 25.2 Å². The van der Waals surface area contributed by atoms with Crippen LogP contribution >= 0.6 is 11.8 Å². The third-order valence-corrected chi connectivity index (χ3v) is 4.18. The molecule has 0 aromatic carbocycles. The number of hydrogen-bond acceptors (Lipinski definition) is 5. The Labute approximate surface area is 100 Å². The Morgan fingerprint density at radius 2 is 2.25 bits per heavy atom. The van der Waals surface area contributed by atoms with E-state index in [0.29, 0.717) is 17.2 Å². The van der Waals surface area contributed by atoms with Crippen LogP contribution in [0.4, 0.5) is 11.8 Å². The van der Waals surface area contributed by atoms with Crippen LogP contribution < -0.4 is 11.1 Å². The van der Waals surface area contributed by atoms with Crippen LogP contribution in [0.2, 0.25) is 0 Å². The minimum absolute atomic E-state index is 0.335. The fourth-order valence-electron chi connectivity index (χ4n) is 2.19. The van der Waals surface area contributed by atoms with Crippen LogP contribution in [0.5, 0.6) is 0 Å². The number of hydrogen-bond donors (Lipinski definition) is 2. The van der Waals surface area contributed by atoms with Gasteiger partial charge in [0.1, 0.15) is 5.82 Å². The first-order valence-corrected chi connectivity index (χ1v) is 6.96. The van der Waals surface area contributed by atoms with E-state index in [1.165, 1.54) is 25.7 Å². The summed E-state index contributed by atoms with van der Waals surface area (Å²) in [6, 6.07) is 2.39. The number of anilines is 2. The van der Waals surface area contributed by atoms with Gasteiger partial charge in [0.25, 0.3) is 0 Å². The van der Waals surface area contributed by atoms with Gasteiger partial charge in [0.05, 0.1) is 0 Å². The number of aromatic nitrogens is 2. The molecule has 0 amide bonds. The van der Waals surface area contributed by atoms with Crippen molar-refractivity contribution in [2.75, 3.05) is 17.3 Å². The molecule has 1 fully saturated rings. The smallest absolute Gasteiger partial charge is 0.221 e. The van der Waals surface area contributed by atoms with Gasteiger partial charge in [-0.25, -0.2) is 4.98 Å². The highest BCUT2D eigenvalue weighted by molar-refractivity contribution is 7.99. The minimum Gasteiger partial charge on any atom is -0.368 e. The molecular formula is C11H18N4S. The average molecular weight is 238 g/mol. The standard InChI is InChI=1S/C11H18N4S/c1-16-9-5-3-2-4-8(9)14-10-6-7-13-11(12)15-10/h6-9H,2-5H2,1H3,(H3,12,13,14,15). The maximum absolute atomic E-state index is 5.56. The van der Waals surface area contributed by atoms with Crippen LogP contribution in [0.3, 0.4) is 0 Å². The second-order valence-corrected chi connectivity index (χ2v) is 5.19. The summed E-state index contributed by atoms with van der Waals surface area (Å²) >= 11 is 1.94. The number of nitrogens with one attached hydrogen (secondary N) is 1. The van der Waals surface area contributed by atoms with Crippen molar-refractivity contribution < 1.29 is 0 Å². The molecule has 0 saturated heterocycles. The first-order chi connectivity index (χ1) is 7.79. The quantitative estimate of drug-likeness (QED) is 0.844. The van der Waals surface area contributed by atoms with Gasteiger partial charge in [-0.15, -0.1) is 0 Å². The number of nitrogens with two attached hydrogens (primary N) is 1.